The monoisotopic (exact) mass is 201 g/mol. The molecule has 0 nitrogen and oxygen atoms in total. The lowest BCUT2D eigenvalue weighted by atomic mass is 9.78. The first kappa shape index (κ1) is 11.2. The van der Waals surface area contributed by atoms with E-state index in [9.17, 15) is 12.9 Å². The van der Waals surface area contributed by atoms with Crippen LogP contribution in [0.3, 0.4) is 0 Å². The van der Waals surface area contributed by atoms with Gasteiger partial charge >= 0.3 is 6.98 Å². The Labute approximate surface area is 82.2 Å². The lowest BCUT2D eigenvalue weighted by Crippen LogP contribution is -2.20. The molecule has 0 saturated carbocycles. The van der Waals surface area contributed by atoms with Crippen LogP contribution in [0.4, 0.5) is 12.9 Å². The molecule has 0 aliphatic heterocycles. The first-order valence-electron chi connectivity index (χ1n) is 4.69. The van der Waals surface area contributed by atoms with E-state index in [1.165, 1.54) is 0 Å². The van der Waals surface area contributed by atoms with Gasteiger partial charge in [-0.2, -0.15) is 0 Å². The smallest absolute Gasteiger partial charge is 0.449 e. The highest BCUT2D eigenvalue weighted by Gasteiger charge is 2.24. The van der Waals surface area contributed by atoms with Gasteiger partial charge in [0.2, 0.25) is 0 Å². The summed E-state index contributed by atoms with van der Waals surface area (Å²) in [6.07, 6.45) is -0.769. The van der Waals surface area contributed by atoms with Crippen molar-refractivity contribution < 1.29 is 12.9 Å². The van der Waals surface area contributed by atoms with Crippen molar-refractivity contribution in [2.24, 2.45) is 0 Å². The standard InChI is InChI=1S/C10H13BF3/c1-8(2)10-6-4-3-5-9(10)7-11(12,13)14/h3-6,8H,7H2,1-2H3/q-1. The van der Waals surface area contributed by atoms with Crippen molar-refractivity contribution >= 4 is 6.98 Å². The molecular weight excluding hydrogens is 188 g/mol. The molecule has 0 spiro atoms. The summed E-state index contributed by atoms with van der Waals surface area (Å²) in [5.41, 5.74) is 1.21. The fourth-order valence-corrected chi connectivity index (χ4v) is 1.53. The van der Waals surface area contributed by atoms with Gasteiger partial charge in [0.15, 0.2) is 0 Å². The Morgan fingerprint density at radius 2 is 1.71 bits per heavy atom. The number of hydrogen-bond donors (Lipinski definition) is 0. The van der Waals surface area contributed by atoms with Crippen molar-refractivity contribution in [3.05, 3.63) is 35.4 Å². The van der Waals surface area contributed by atoms with Crippen LogP contribution in [-0.2, 0) is 6.32 Å². The van der Waals surface area contributed by atoms with Crippen LogP contribution < -0.4 is 0 Å². The van der Waals surface area contributed by atoms with E-state index < -0.39 is 13.3 Å². The van der Waals surface area contributed by atoms with Crippen LogP contribution >= 0.6 is 0 Å². The van der Waals surface area contributed by atoms with Crippen LogP contribution in [0.25, 0.3) is 0 Å². The molecule has 0 N–H and O–H groups in total. The molecule has 1 aromatic carbocycles. The summed E-state index contributed by atoms with van der Waals surface area (Å²) in [5.74, 6) is 0.143. The molecule has 0 radical (unpaired) electrons. The van der Waals surface area contributed by atoms with Crippen LogP contribution in [0.5, 0.6) is 0 Å². The quantitative estimate of drug-likeness (QED) is 0.653. The summed E-state index contributed by atoms with van der Waals surface area (Å²) < 4.78 is 36.7. The Balaban J connectivity index is 2.96. The molecule has 0 atom stereocenters. The highest BCUT2D eigenvalue weighted by atomic mass is 19.4. The van der Waals surface area contributed by atoms with E-state index in [1.807, 2.05) is 13.8 Å². The first-order valence-corrected chi connectivity index (χ1v) is 4.69. The Morgan fingerprint density at radius 1 is 1.14 bits per heavy atom. The molecule has 14 heavy (non-hydrogen) atoms. The van der Waals surface area contributed by atoms with Gasteiger partial charge in [0, 0.05) is 0 Å². The van der Waals surface area contributed by atoms with Gasteiger partial charge in [-0.15, -0.1) is 0 Å². The van der Waals surface area contributed by atoms with Crippen molar-refractivity contribution in [3.63, 3.8) is 0 Å². The van der Waals surface area contributed by atoms with Gasteiger partial charge in [0.25, 0.3) is 0 Å². The molecule has 0 unspecified atom stereocenters. The Morgan fingerprint density at radius 3 is 2.21 bits per heavy atom. The van der Waals surface area contributed by atoms with Gasteiger partial charge in [-0.05, 0) is 11.5 Å². The van der Waals surface area contributed by atoms with Gasteiger partial charge in [0.1, 0.15) is 0 Å². The van der Waals surface area contributed by atoms with E-state index >= 15 is 0 Å². The van der Waals surface area contributed by atoms with E-state index in [1.54, 1.807) is 24.3 Å². The Bertz CT molecular complexity index is 304. The Hall–Kier alpha value is -0.925. The summed E-state index contributed by atoms with van der Waals surface area (Å²) in [7, 11) is 0. The Kier molecular flexibility index (Phi) is 3.24. The number of halogens is 3. The molecule has 0 aliphatic carbocycles. The van der Waals surface area contributed by atoms with E-state index in [-0.39, 0.29) is 5.92 Å². The first-order chi connectivity index (χ1) is 6.40. The van der Waals surface area contributed by atoms with Crippen molar-refractivity contribution in [2.45, 2.75) is 26.1 Å². The summed E-state index contributed by atoms with van der Waals surface area (Å²) in [5, 5.41) is 0. The zero-order valence-corrected chi connectivity index (χ0v) is 8.31. The molecule has 0 amide bonds. The zero-order valence-electron chi connectivity index (χ0n) is 8.31. The summed E-state index contributed by atoms with van der Waals surface area (Å²) >= 11 is 0. The maximum Gasteiger partial charge on any atom is 0.482 e. The maximum atomic E-state index is 12.2. The molecule has 0 bridgehead atoms. The van der Waals surface area contributed by atoms with E-state index in [0.29, 0.717) is 5.56 Å². The SMILES string of the molecule is CC(C)c1ccccc1C[B-](F)(F)F. The summed E-state index contributed by atoms with van der Waals surface area (Å²) in [4.78, 5) is 0. The second-order valence-electron chi connectivity index (χ2n) is 3.77. The third-order valence-electron chi connectivity index (χ3n) is 2.13. The molecule has 0 fully saturated rings. The predicted octanol–water partition coefficient (Wildman–Crippen LogP) is 3.74. The fourth-order valence-electron chi connectivity index (χ4n) is 1.53. The third-order valence-corrected chi connectivity index (χ3v) is 2.13. The summed E-state index contributed by atoms with van der Waals surface area (Å²) in [6, 6.07) is 6.76. The van der Waals surface area contributed by atoms with Gasteiger partial charge < -0.3 is 12.9 Å². The fraction of sp³-hybridized carbons (Fsp3) is 0.400. The zero-order chi connectivity index (χ0) is 10.8. The minimum Gasteiger partial charge on any atom is -0.449 e. The van der Waals surface area contributed by atoms with Crippen LogP contribution in [-0.4, -0.2) is 6.98 Å². The molecule has 4 heteroatoms. The lowest BCUT2D eigenvalue weighted by molar-refractivity contribution is 0.468. The van der Waals surface area contributed by atoms with Crippen LogP contribution in [0.1, 0.15) is 30.9 Å². The molecule has 0 aromatic heterocycles. The van der Waals surface area contributed by atoms with Gasteiger partial charge in [-0.25, -0.2) is 0 Å². The van der Waals surface area contributed by atoms with Crippen LogP contribution in [0, 0.1) is 0 Å². The largest absolute Gasteiger partial charge is 0.482 e. The average molecular weight is 201 g/mol. The van der Waals surface area contributed by atoms with E-state index in [4.69, 9.17) is 0 Å². The maximum absolute atomic E-state index is 12.2. The minimum atomic E-state index is -4.73. The second kappa shape index (κ2) is 4.07. The molecule has 78 valence electrons. The molecule has 1 rings (SSSR count). The minimum absolute atomic E-state index is 0.143. The second-order valence-corrected chi connectivity index (χ2v) is 3.77. The molecule has 0 heterocycles. The highest BCUT2D eigenvalue weighted by molar-refractivity contribution is 6.57. The van der Waals surface area contributed by atoms with Gasteiger partial charge in [0.05, 0.1) is 0 Å². The number of rotatable bonds is 3. The van der Waals surface area contributed by atoms with Gasteiger partial charge in [-0.3, -0.25) is 0 Å². The van der Waals surface area contributed by atoms with E-state index in [0.717, 1.165) is 5.56 Å². The normalized spacial score (nSPS) is 12.1. The summed E-state index contributed by atoms with van der Waals surface area (Å²) in [6.45, 7) is -0.920. The topological polar surface area (TPSA) is 0 Å². The number of benzene rings is 1. The predicted molar refractivity (Wildman–Crippen MR) is 53.3 cm³/mol. The molecule has 1 aromatic rings. The lowest BCUT2D eigenvalue weighted by Gasteiger charge is -2.18. The molecule has 0 aliphatic rings. The third kappa shape index (κ3) is 3.09. The van der Waals surface area contributed by atoms with Crippen molar-refractivity contribution in [1.29, 1.82) is 0 Å². The number of hydrogen-bond acceptors (Lipinski definition) is 0. The highest BCUT2D eigenvalue weighted by Crippen LogP contribution is 2.24. The van der Waals surface area contributed by atoms with Gasteiger partial charge in [-0.1, -0.05) is 50.0 Å². The average Bonchev–Trinajstić information content (AvgIpc) is 2.01. The van der Waals surface area contributed by atoms with Crippen LogP contribution in [0.2, 0.25) is 0 Å². The molecular formula is C10H13BF3-. The van der Waals surface area contributed by atoms with Crippen molar-refractivity contribution in [3.8, 4) is 0 Å². The molecule has 0 saturated heterocycles. The van der Waals surface area contributed by atoms with Crippen molar-refractivity contribution in [2.75, 3.05) is 0 Å². The van der Waals surface area contributed by atoms with Crippen LogP contribution in [0.15, 0.2) is 24.3 Å². The van der Waals surface area contributed by atoms with E-state index in [2.05, 4.69) is 0 Å². The van der Waals surface area contributed by atoms with Crippen molar-refractivity contribution in [1.82, 2.24) is 0 Å².